The molecule has 4 heteroatoms. The minimum absolute atomic E-state index is 0.140. The zero-order valence-electron chi connectivity index (χ0n) is 12.4. The molecular weight excluding hydrogens is 270 g/mol. The first-order valence-corrected chi connectivity index (χ1v) is 8.27. The van der Waals surface area contributed by atoms with Crippen LogP contribution in [0.2, 0.25) is 0 Å². The molecule has 1 fully saturated rings. The lowest BCUT2D eigenvalue weighted by molar-refractivity contribution is -0.138. The number of carbonyl (C=O) groups is 1. The number of aryl methyl sites for hydroxylation is 2. The van der Waals surface area contributed by atoms with Crippen LogP contribution in [-0.4, -0.2) is 40.1 Å². The SMILES string of the molecule is Cc1ccc(C)c(C(C)N2CCSCC2CC(=O)O)c1. The van der Waals surface area contributed by atoms with E-state index < -0.39 is 5.97 Å². The zero-order valence-corrected chi connectivity index (χ0v) is 13.2. The molecule has 1 heterocycles. The monoisotopic (exact) mass is 293 g/mol. The molecule has 3 nitrogen and oxygen atoms in total. The maximum absolute atomic E-state index is 11.1. The molecule has 20 heavy (non-hydrogen) atoms. The number of nitrogens with zero attached hydrogens (tertiary/aromatic N) is 1. The van der Waals surface area contributed by atoms with E-state index in [1.807, 2.05) is 11.8 Å². The van der Waals surface area contributed by atoms with Crippen LogP contribution in [0.4, 0.5) is 0 Å². The van der Waals surface area contributed by atoms with Crippen LogP contribution in [0.3, 0.4) is 0 Å². The third-order valence-corrected chi connectivity index (χ3v) is 5.16. The van der Waals surface area contributed by atoms with Gasteiger partial charge in [-0.15, -0.1) is 0 Å². The van der Waals surface area contributed by atoms with Crippen molar-refractivity contribution < 1.29 is 9.90 Å². The molecule has 1 aliphatic rings. The molecule has 0 bridgehead atoms. The number of carboxylic acids is 1. The predicted molar refractivity (Wildman–Crippen MR) is 84.4 cm³/mol. The Balaban J connectivity index is 2.22. The molecule has 1 aromatic carbocycles. The Morgan fingerprint density at radius 2 is 2.25 bits per heavy atom. The second kappa shape index (κ2) is 6.64. The van der Waals surface area contributed by atoms with Gasteiger partial charge in [0, 0.05) is 30.1 Å². The number of thioether (sulfide) groups is 1. The van der Waals surface area contributed by atoms with Crippen molar-refractivity contribution in [1.29, 1.82) is 0 Å². The molecule has 0 aromatic heterocycles. The molecular formula is C16H23NO2S. The highest BCUT2D eigenvalue weighted by molar-refractivity contribution is 7.99. The summed E-state index contributed by atoms with van der Waals surface area (Å²) in [4.78, 5) is 13.4. The zero-order chi connectivity index (χ0) is 14.7. The molecule has 1 saturated heterocycles. The Hall–Kier alpha value is -1.00. The Labute approximate surface area is 125 Å². The van der Waals surface area contributed by atoms with Crippen molar-refractivity contribution in [2.75, 3.05) is 18.1 Å². The number of hydrogen-bond acceptors (Lipinski definition) is 3. The Kier molecular flexibility index (Phi) is 5.11. The van der Waals surface area contributed by atoms with Gasteiger partial charge >= 0.3 is 5.97 Å². The molecule has 0 amide bonds. The van der Waals surface area contributed by atoms with Crippen LogP contribution < -0.4 is 0 Å². The second-order valence-corrected chi connectivity index (χ2v) is 6.75. The summed E-state index contributed by atoms with van der Waals surface area (Å²) < 4.78 is 0. The first kappa shape index (κ1) is 15.4. The lowest BCUT2D eigenvalue weighted by Crippen LogP contribution is -2.45. The van der Waals surface area contributed by atoms with Crippen molar-refractivity contribution in [3.63, 3.8) is 0 Å². The van der Waals surface area contributed by atoms with E-state index in [1.54, 1.807) is 0 Å². The molecule has 0 aliphatic carbocycles. The molecule has 2 rings (SSSR count). The maximum atomic E-state index is 11.1. The van der Waals surface area contributed by atoms with E-state index in [-0.39, 0.29) is 18.5 Å². The van der Waals surface area contributed by atoms with Crippen molar-refractivity contribution >= 4 is 17.7 Å². The van der Waals surface area contributed by atoms with Crippen LogP contribution in [-0.2, 0) is 4.79 Å². The minimum Gasteiger partial charge on any atom is -0.481 e. The number of benzene rings is 1. The van der Waals surface area contributed by atoms with Crippen molar-refractivity contribution in [2.24, 2.45) is 0 Å². The number of carboxylic acid groups (broad SMARTS) is 1. The molecule has 1 aliphatic heterocycles. The molecule has 2 atom stereocenters. The summed E-state index contributed by atoms with van der Waals surface area (Å²) in [7, 11) is 0. The first-order valence-electron chi connectivity index (χ1n) is 7.11. The van der Waals surface area contributed by atoms with Crippen molar-refractivity contribution in [2.45, 2.75) is 39.3 Å². The summed E-state index contributed by atoms with van der Waals surface area (Å²) in [6, 6.07) is 6.94. The second-order valence-electron chi connectivity index (χ2n) is 5.60. The van der Waals surface area contributed by atoms with Gasteiger partial charge in [-0.1, -0.05) is 23.8 Å². The fourth-order valence-corrected chi connectivity index (χ4v) is 4.03. The predicted octanol–water partition coefficient (Wildman–Crippen LogP) is 3.26. The van der Waals surface area contributed by atoms with Crippen molar-refractivity contribution in [3.8, 4) is 0 Å². The number of rotatable bonds is 4. The van der Waals surface area contributed by atoms with E-state index >= 15 is 0 Å². The van der Waals surface area contributed by atoms with E-state index in [2.05, 4.69) is 43.9 Å². The fraction of sp³-hybridized carbons (Fsp3) is 0.562. The van der Waals surface area contributed by atoms with Crippen LogP contribution in [0.5, 0.6) is 0 Å². The Morgan fingerprint density at radius 3 is 2.95 bits per heavy atom. The quantitative estimate of drug-likeness (QED) is 0.925. The Morgan fingerprint density at radius 1 is 1.50 bits per heavy atom. The number of aliphatic carboxylic acids is 1. The standard InChI is InChI=1S/C16H23NO2S/c1-11-4-5-12(2)15(8-11)13(3)17-6-7-20-10-14(17)9-16(18)19/h4-5,8,13-14H,6-7,9-10H2,1-3H3,(H,18,19). The van der Waals surface area contributed by atoms with Gasteiger partial charge in [0.05, 0.1) is 6.42 Å². The van der Waals surface area contributed by atoms with Crippen LogP contribution in [0.15, 0.2) is 18.2 Å². The molecule has 1 N–H and O–H groups in total. The van der Waals surface area contributed by atoms with Gasteiger partial charge in [0.1, 0.15) is 0 Å². The third kappa shape index (κ3) is 3.55. The molecule has 0 radical (unpaired) electrons. The first-order chi connectivity index (χ1) is 9.49. The normalized spacial score (nSPS) is 21.6. The smallest absolute Gasteiger partial charge is 0.304 e. The molecule has 0 saturated carbocycles. The van der Waals surface area contributed by atoms with E-state index in [4.69, 9.17) is 5.11 Å². The van der Waals surface area contributed by atoms with Gasteiger partial charge in [0.2, 0.25) is 0 Å². The van der Waals surface area contributed by atoms with Gasteiger partial charge in [-0.25, -0.2) is 0 Å². The summed E-state index contributed by atoms with van der Waals surface area (Å²) in [6.45, 7) is 7.41. The number of hydrogen-bond donors (Lipinski definition) is 1. The van der Waals surface area contributed by atoms with Gasteiger partial charge in [0.15, 0.2) is 0 Å². The summed E-state index contributed by atoms with van der Waals surface area (Å²) >= 11 is 1.86. The van der Waals surface area contributed by atoms with E-state index in [0.717, 1.165) is 18.1 Å². The average Bonchev–Trinajstić information content (AvgIpc) is 2.41. The molecule has 1 aromatic rings. The third-order valence-electron chi connectivity index (χ3n) is 4.07. The largest absolute Gasteiger partial charge is 0.481 e. The molecule has 110 valence electrons. The van der Waals surface area contributed by atoms with Crippen LogP contribution in [0.1, 0.15) is 36.1 Å². The highest BCUT2D eigenvalue weighted by atomic mass is 32.2. The summed E-state index contributed by atoms with van der Waals surface area (Å²) in [6.07, 6.45) is 0.238. The summed E-state index contributed by atoms with van der Waals surface area (Å²) in [5.74, 6) is 1.31. The van der Waals surface area contributed by atoms with E-state index in [9.17, 15) is 4.79 Å². The van der Waals surface area contributed by atoms with Gasteiger partial charge in [0.25, 0.3) is 0 Å². The molecule has 2 unspecified atom stereocenters. The minimum atomic E-state index is -0.698. The maximum Gasteiger partial charge on any atom is 0.304 e. The van der Waals surface area contributed by atoms with Crippen LogP contribution in [0.25, 0.3) is 0 Å². The topological polar surface area (TPSA) is 40.5 Å². The highest BCUT2D eigenvalue weighted by Crippen LogP contribution is 2.31. The summed E-state index contributed by atoms with van der Waals surface area (Å²) in [5, 5.41) is 9.10. The average molecular weight is 293 g/mol. The van der Waals surface area contributed by atoms with Crippen molar-refractivity contribution in [1.82, 2.24) is 4.90 Å². The van der Waals surface area contributed by atoms with Crippen LogP contribution >= 0.6 is 11.8 Å². The van der Waals surface area contributed by atoms with Gasteiger partial charge in [-0.05, 0) is 31.9 Å². The Bertz CT molecular complexity index is 489. The van der Waals surface area contributed by atoms with Gasteiger partial charge in [-0.2, -0.15) is 11.8 Å². The lowest BCUT2D eigenvalue weighted by Gasteiger charge is -2.39. The van der Waals surface area contributed by atoms with Crippen LogP contribution in [0, 0.1) is 13.8 Å². The van der Waals surface area contributed by atoms with E-state index in [1.165, 1.54) is 16.7 Å². The molecule has 0 spiro atoms. The van der Waals surface area contributed by atoms with Gasteiger partial charge < -0.3 is 5.11 Å². The summed E-state index contributed by atoms with van der Waals surface area (Å²) in [5.41, 5.74) is 3.88. The van der Waals surface area contributed by atoms with Crippen molar-refractivity contribution in [3.05, 3.63) is 34.9 Å². The fourth-order valence-electron chi connectivity index (χ4n) is 2.94. The van der Waals surface area contributed by atoms with Gasteiger partial charge in [-0.3, -0.25) is 9.69 Å². The lowest BCUT2D eigenvalue weighted by atomic mass is 9.97. The highest BCUT2D eigenvalue weighted by Gasteiger charge is 2.29. The van der Waals surface area contributed by atoms with E-state index in [0.29, 0.717) is 0 Å².